The van der Waals surface area contributed by atoms with Crippen LogP contribution in [0, 0.1) is 11.8 Å². The Morgan fingerprint density at radius 1 is 1.42 bits per heavy atom. The van der Waals surface area contributed by atoms with Crippen molar-refractivity contribution < 1.29 is 13.2 Å². The number of hydrogen-bond donors (Lipinski definition) is 0. The maximum absolute atomic E-state index is 11.9. The van der Waals surface area contributed by atoms with E-state index in [0.717, 1.165) is 17.1 Å². The summed E-state index contributed by atoms with van der Waals surface area (Å²) in [5, 5.41) is 3.59. The minimum atomic E-state index is -3.45. The maximum Gasteiger partial charge on any atom is 0.233 e. The molecule has 1 fully saturated rings. The van der Waals surface area contributed by atoms with Crippen molar-refractivity contribution in [3.05, 3.63) is 28.1 Å². The van der Waals surface area contributed by atoms with Crippen LogP contribution in [0.25, 0.3) is 10.4 Å². The van der Waals surface area contributed by atoms with Crippen LogP contribution in [0.4, 0.5) is 11.6 Å². The summed E-state index contributed by atoms with van der Waals surface area (Å²) in [6, 6.07) is 3.48. The van der Waals surface area contributed by atoms with Gasteiger partial charge in [0.25, 0.3) is 0 Å². The third-order valence-corrected chi connectivity index (χ3v) is 5.80. The van der Waals surface area contributed by atoms with E-state index in [1.165, 1.54) is 13.5 Å². The Morgan fingerprint density at radius 3 is 2.62 bits per heavy atom. The van der Waals surface area contributed by atoms with Crippen LogP contribution in [0.3, 0.4) is 0 Å². The third-order valence-electron chi connectivity index (χ3n) is 4.62. The molecule has 9 nitrogen and oxygen atoms in total. The molecule has 1 saturated carbocycles. The van der Waals surface area contributed by atoms with E-state index in [0.29, 0.717) is 42.2 Å². The third kappa shape index (κ3) is 5.48. The molecule has 0 spiro atoms. The number of hydrogen-bond acceptors (Lipinski definition) is 6. The number of sulfonamides is 1. The molecule has 1 aliphatic carbocycles. The molecular formula is C16H26N6O3S. The second-order valence-corrected chi connectivity index (χ2v) is 8.74. The van der Waals surface area contributed by atoms with Gasteiger partial charge in [0.1, 0.15) is 11.6 Å². The zero-order chi connectivity index (χ0) is 19.3. The molecule has 0 aliphatic heterocycles. The molecule has 144 valence electrons. The van der Waals surface area contributed by atoms with Gasteiger partial charge in [-0.3, -0.25) is 4.31 Å². The topological polar surface area (TPSA) is 111 Å². The molecule has 0 N–H and O–H groups in total. The zero-order valence-corrected chi connectivity index (χ0v) is 16.5. The van der Waals surface area contributed by atoms with Crippen LogP contribution in [-0.4, -0.2) is 53.5 Å². The van der Waals surface area contributed by atoms with Crippen molar-refractivity contribution >= 4 is 21.7 Å². The summed E-state index contributed by atoms with van der Waals surface area (Å²) >= 11 is 0. The average molecular weight is 382 g/mol. The van der Waals surface area contributed by atoms with Crippen molar-refractivity contribution in [2.75, 3.05) is 49.3 Å². The SMILES string of the molecule is COCCN(C[C@H]1C[C@@H]1C)c1cc(CN=[N+]=[N-])cc(N(C)S(C)(=O)=O)n1. The smallest absolute Gasteiger partial charge is 0.233 e. The van der Waals surface area contributed by atoms with Gasteiger partial charge < -0.3 is 9.64 Å². The Hall–Kier alpha value is -2.03. The molecule has 0 amide bonds. The van der Waals surface area contributed by atoms with Gasteiger partial charge in [-0.25, -0.2) is 13.4 Å². The average Bonchev–Trinajstić information content (AvgIpc) is 3.29. The molecule has 1 aliphatic rings. The van der Waals surface area contributed by atoms with Crippen LogP contribution >= 0.6 is 0 Å². The van der Waals surface area contributed by atoms with E-state index < -0.39 is 10.0 Å². The van der Waals surface area contributed by atoms with Gasteiger partial charge in [0, 0.05) is 32.2 Å². The van der Waals surface area contributed by atoms with E-state index in [1.54, 1.807) is 13.2 Å². The van der Waals surface area contributed by atoms with Gasteiger partial charge in [-0.1, -0.05) is 12.0 Å². The summed E-state index contributed by atoms with van der Waals surface area (Å²) < 4.78 is 30.2. The van der Waals surface area contributed by atoms with Crippen LogP contribution in [-0.2, 0) is 21.3 Å². The van der Waals surface area contributed by atoms with Gasteiger partial charge >= 0.3 is 0 Å². The van der Waals surface area contributed by atoms with Gasteiger partial charge in [0.15, 0.2) is 0 Å². The van der Waals surface area contributed by atoms with Crippen molar-refractivity contribution in [3.8, 4) is 0 Å². The highest BCUT2D eigenvalue weighted by Crippen LogP contribution is 2.39. The number of methoxy groups -OCH3 is 1. The number of aromatic nitrogens is 1. The van der Waals surface area contributed by atoms with Crippen molar-refractivity contribution in [3.63, 3.8) is 0 Å². The van der Waals surface area contributed by atoms with Crippen LogP contribution in [0.5, 0.6) is 0 Å². The van der Waals surface area contributed by atoms with Gasteiger partial charge in [-0.15, -0.1) is 0 Å². The summed E-state index contributed by atoms with van der Waals surface area (Å²) in [5.74, 6) is 2.26. The predicted octanol–water partition coefficient (Wildman–Crippen LogP) is 2.40. The quantitative estimate of drug-likeness (QED) is 0.350. The standard InChI is InChI=1S/C16H26N6O3S/c1-12-7-14(12)11-22(5-6-25-3)16-9-13(10-18-20-17)8-15(19-16)21(2)26(4,23)24/h8-9,12,14H,5-7,10-11H2,1-4H3/t12-,14+/m0/s1. The first-order valence-corrected chi connectivity index (χ1v) is 10.3. The van der Waals surface area contributed by atoms with Crippen LogP contribution in [0.15, 0.2) is 17.2 Å². The number of rotatable bonds is 10. The first-order chi connectivity index (χ1) is 12.3. The Kier molecular flexibility index (Phi) is 6.69. The second-order valence-electron chi connectivity index (χ2n) is 6.72. The molecule has 1 heterocycles. The molecule has 0 saturated heterocycles. The van der Waals surface area contributed by atoms with Crippen LogP contribution in [0.1, 0.15) is 18.9 Å². The lowest BCUT2D eigenvalue weighted by Crippen LogP contribution is -2.32. The highest BCUT2D eigenvalue weighted by atomic mass is 32.2. The molecule has 1 aromatic rings. The number of azide groups is 1. The number of nitrogens with zero attached hydrogens (tertiary/aromatic N) is 6. The Balaban J connectivity index is 2.39. The lowest BCUT2D eigenvalue weighted by atomic mass is 10.2. The molecule has 0 unspecified atom stereocenters. The highest BCUT2D eigenvalue weighted by Gasteiger charge is 2.34. The number of pyridine rings is 1. The van der Waals surface area contributed by atoms with E-state index in [9.17, 15) is 8.42 Å². The highest BCUT2D eigenvalue weighted by molar-refractivity contribution is 7.92. The fourth-order valence-corrected chi connectivity index (χ4v) is 3.12. The lowest BCUT2D eigenvalue weighted by molar-refractivity contribution is 0.204. The molecule has 26 heavy (non-hydrogen) atoms. The first kappa shape index (κ1) is 20.3. The summed E-state index contributed by atoms with van der Waals surface area (Å²) in [7, 11) is -0.343. The Bertz CT molecular complexity index is 778. The summed E-state index contributed by atoms with van der Waals surface area (Å²) in [5.41, 5.74) is 9.31. The normalized spacial score (nSPS) is 18.9. The molecular weight excluding hydrogens is 356 g/mol. The van der Waals surface area contributed by atoms with Crippen molar-refractivity contribution in [2.24, 2.45) is 17.0 Å². The van der Waals surface area contributed by atoms with Gasteiger partial charge in [-0.05, 0) is 41.5 Å². The van der Waals surface area contributed by atoms with Gasteiger partial charge in [-0.2, -0.15) is 0 Å². The Labute approximate surface area is 154 Å². The maximum atomic E-state index is 11.9. The Morgan fingerprint density at radius 2 is 2.08 bits per heavy atom. The summed E-state index contributed by atoms with van der Waals surface area (Å²) in [6.45, 7) is 4.38. The number of ether oxygens (including phenoxy) is 1. The predicted molar refractivity (Wildman–Crippen MR) is 102 cm³/mol. The summed E-state index contributed by atoms with van der Waals surface area (Å²) in [6.07, 6.45) is 2.31. The molecule has 2 rings (SSSR count). The van der Waals surface area contributed by atoms with Crippen molar-refractivity contribution in [1.29, 1.82) is 0 Å². The van der Waals surface area contributed by atoms with Crippen molar-refractivity contribution in [2.45, 2.75) is 19.9 Å². The molecule has 0 radical (unpaired) electrons. The van der Waals surface area contributed by atoms with E-state index in [4.69, 9.17) is 10.3 Å². The first-order valence-electron chi connectivity index (χ1n) is 8.46. The van der Waals surface area contributed by atoms with Gasteiger partial charge in [0.05, 0.1) is 19.4 Å². The fourth-order valence-electron chi connectivity index (χ4n) is 2.69. The monoisotopic (exact) mass is 382 g/mol. The van der Waals surface area contributed by atoms with E-state index in [1.807, 2.05) is 6.07 Å². The minimum absolute atomic E-state index is 0.134. The summed E-state index contributed by atoms with van der Waals surface area (Å²) in [4.78, 5) is 9.44. The molecule has 0 aromatic carbocycles. The van der Waals surface area contributed by atoms with Crippen molar-refractivity contribution in [1.82, 2.24) is 4.98 Å². The number of anilines is 2. The van der Waals surface area contributed by atoms with E-state index >= 15 is 0 Å². The molecule has 1 aromatic heterocycles. The lowest BCUT2D eigenvalue weighted by Gasteiger charge is -2.26. The largest absolute Gasteiger partial charge is 0.383 e. The second kappa shape index (κ2) is 8.57. The van der Waals surface area contributed by atoms with Gasteiger partial charge in [0.2, 0.25) is 10.0 Å². The minimum Gasteiger partial charge on any atom is -0.383 e. The zero-order valence-electron chi connectivity index (χ0n) is 15.7. The molecule has 2 atom stereocenters. The molecule has 10 heteroatoms. The van der Waals surface area contributed by atoms with E-state index in [2.05, 4.69) is 26.8 Å². The van der Waals surface area contributed by atoms with Crippen LogP contribution < -0.4 is 9.21 Å². The van der Waals surface area contributed by atoms with E-state index in [-0.39, 0.29) is 6.54 Å². The van der Waals surface area contributed by atoms with Crippen LogP contribution in [0.2, 0.25) is 0 Å². The molecule has 0 bridgehead atoms. The fraction of sp³-hybridized carbons (Fsp3) is 0.688.